The fourth-order valence-electron chi connectivity index (χ4n) is 0.853. The second kappa shape index (κ2) is 4.77. The lowest BCUT2D eigenvalue weighted by Gasteiger charge is -2.11. The van der Waals surface area contributed by atoms with Gasteiger partial charge in [0.05, 0.1) is 0 Å². The minimum atomic E-state index is -0.912. The van der Waals surface area contributed by atoms with Gasteiger partial charge in [-0.15, -0.1) is 5.06 Å². The number of carbonyl (C=O) groups excluding carboxylic acids is 2. The van der Waals surface area contributed by atoms with E-state index in [1.54, 1.807) is 24.3 Å². The molecule has 5 nitrogen and oxygen atoms in total. The topological polar surface area (TPSA) is 69.6 Å². The van der Waals surface area contributed by atoms with Crippen LogP contribution in [0.1, 0.15) is 6.92 Å². The predicted molar refractivity (Wildman–Crippen MR) is 54.8 cm³/mol. The van der Waals surface area contributed by atoms with Crippen LogP contribution >= 0.6 is 11.6 Å². The van der Waals surface area contributed by atoms with Gasteiger partial charge in [-0.05, 0) is 24.3 Å². The van der Waals surface area contributed by atoms with Crippen LogP contribution in [0.2, 0.25) is 5.02 Å². The van der Waals surface area contributed by atoms with E-state index in [-0.39, 0.29) is 5.06 Å². The molecule has 1 aromatic rings. The number of benzene rings is 1. The Morgan fingerprint density at radius 3 is 2.33 bits per heavy atom. The van der Waals surface area contributed by atoms with Crippen LogP contribution in [0.5, 0.6) is 0 Å². The second-order valence-corrected chi connectivity index (χ2v) is 3.20. The molecule has 0 fully saturated rings. The van der Waals surface area contributed by atoms with E-state index in [9.17, 15) is 9.59 Å². The highest BCUT2D eigenvalue weighted by atomic mass is 35.5. The third-order valence-electron chi connectivity index (χ3n) is 1.59. The standard InChI is InChI=1S/C9H9ClN2O3/c1-6(13)12(15)9(14)11-8-4-2-7(10)3-5-8/h2-5,15H,1H3,(H,11,14). The molecule has 0 bridgehead atoms. The van der Waals surface area contributed by atoms with E-state index in [1.165, 1.54) is 0 Å². The highest BCUT2D eigenvalue weighted by molar-refractivity contribution is 6.30. The maximum Gasteiger partial charge on any atom is 0.353 e. The summed E-state index contributed by atoms with van der Waals surface area (Å²) in [7, 11) is 0. The summed E-state index contributed by atoms with van der Waals surface area (Å²) in [6, 6.07) is 5.34. The van der Waals surface area contributed by atoms with E-state index < -0.39 is 11.9 Å². The monoisotopic (exact) mass is 228 g/mol. The van der Waals surface area contributed by atoms with Crippen LogP contribution in [0.3, 0.4) is 0 Å². The Bertz CT molecular complexity index is 377. The Morgan fingerprint density at radius 1 is 1.33 bits per heavy atom. The number of imide groups is 1. The van der Waals surface area contributed by atoms with Crippen molar-refractivity contribution < 1.29 is 14.8 Å². The largest absolute Gasteiger partial charge is 0.353 e. The molecule has 0 spiro atoms. The highest BCUT2D eigenvalue weighted by Gasteiger charge is 2.14. The molecule has 80 valence electrons. The molecule has 15 heavy (non-hydrogen) atoms. The zero-order valence-electron chi connectivity index (χ0n) is 7.90. The normalized spacial score (nSPS) is 9.53. The third kappa shape index (κ3) is 3.23. The fraction of sp³-hybridized carbons (Fsp3) is 0.111. The number of nitrogens with zero attached hydrogens (tertiary/aromatic N) is 1. The molecule has 0 aliphatic heterocycles. The van der Waals surface area contributed by atoms with Gasteiger partial charge in [0.1, 0.15) is 0 Å². The van der Waals surface area contributed by atoms with Crippen LogP contribution in [-0.2, 0) is 4.79 Å². The molecule has 6 heteroatoms. The Hall–Kier alpha value is -1.59. The smallest absolute Gasteiger partial charge is 0.306 e. The lowest BCUT2D eigenvalue weighted by Crippen LogP contribution is -2.35. The molecule has 0 aromatic heterocycles. The number of amides is 3. The number of urea groups is 1. The van der Waals surface area contributed by atoms with Gasteiger partial charge in [-0.2, -0.15) is 0 Å². The average molecular weight is 229 g/mol. The van der Waals surface area contributed by atoms with Crippen molar-refractivity contribution in [1.82, 2.24) is 5.06 Å². The Kier molecular flexibility index (Phi) is 3.65. The van der Waals surface area contributed by atoms with E-state index in [0.29, 0.717) is 10.7 Å². The summed E-state index contributed by atoms with van der Waals surface area (Å²) in [5.74, 6) is -0.763. The lowest BCUT2D eigenvalue weighted by atomic mass is 10.3. The van der Waals surface area contributed by atoms with Crippen molar-refractivity contribution in [3.05, 3.63) is 29.3 Å². The van der Waals surface area contributed by atoms with Crippen molar-refractivity contribution in [2.45, 2.75) is 6.92 Å². The van der Waals surface area contributed by atoms with Crippen molar-refractivity contribution in [1.29, 1.82) is 0 Å². The summed E-state index contributed by atoms with van der Waals surface area (Å²) in [6.45, 7) is 1.07. The Labute approximate surface area is 91.2 Å². The number of hydrogen-bond donors (Lipinski definition) is 2. The number of rotatable bonds is 1. The molecule has 2 N–H and O–H groups in total. The van der Waals surface area contributed by atoms with Gasteiger partial charge in [0.25, 0.3) is 5.91 Å². The molecule has 0 unspecified atom stereocenters. The first-order chi connectivity index (χ1) is 7.00. The van der Waals surface area contributed by atoms with Gasteiger partial charge in [0.15, 0.2) is 0 Å². The van der Waals surface area contributed by atoms with E-state index in [0.717, 1.165) is 6.92 Å². The lowest BCUT2D eigenvalue weighted by molar-refractivity contribution is -0.149. The Morgan fingerprint density at radius 2 is 1.87 bits per heavy atom. The van der Waals surface area contributed by atoms with Crippen molar-refractivity contribution in [3.8, 4) is 0 Å². The fourth-order valence-corrected chi connectivity index (χ4v) is 0.979. The first kappa shape index (κ1) is 11.5. The van der Waals surface area contributed by atoms with Gasteiger partial charge in [0, 0.05) is 17.6 Å². The number of hydrogen-bond acceptors (Lipinski definition) is 3. The zero-order chi connectivity index (χ0) is 11.4. The molecule has 1 rings (SSSR count). The predicted octanol–water partition coefficient (Wildman–Crippen LogP) is 2.11. The first-order valence-corrected chi connectivity index (χ1v) is 4.44. The number of hydroxylamine groups is 2. The van der Waals surface area contributed by atoms with E-state index in [1.807, 2.05) is 0 Å². The van der Waals surface area contributed by atoms with Gasteiger partial charge in [-0.25, -0.2) is 4.79 Å². The number of carbonyl (C=O) groups is 2. The summed E-state index contributed by atoms with van der Waals surface area (Å²) in [6.07, 6.45) is 0. The van der Waals surface area contributed by atoms with Crippen LogP contribution in [0.4, 0.5) is 10.5 Å². The first-order valence-electron chi connectivity index (χ1n) is 4.07. The summed E-state index contributed by atoms with van der Waals surface area (Å²) in [4.78, 5) is 21.8. The SMILES string of the molecule is CC(=O)N(O)C(=O)Nc1ccc(Cl)cc1. The van der Waals surface area contributed by atoms with Crippen LogP contribution in [0.25, 0.3) is 0 Å². The molecule has 0 atom stereocenters. The van der Waals surface area contributed by atoms with Gasteiger partial charge in [-0.3, -0.25) is 10.0 Å². The number of halogens is 1. The minimum Gasteiger partial charge on any atom is -0.306 e. The highest BCUT2D eigenvalue weighted by Crippen LogP contribution is 2.13. The molecule has 1 aromatic carbocycles. The van der Waals surface area contributed by atoms with Gasteiger partial charge in [0.2, 0.25) is 0 Å². The third-order valence-corrected chi connectivity index (χ3v) is 1.84. The minimum absolute atomic E-state index is 0.00535. The summed E-state index contributed by atoms with van der Waals surface area (Å²) < 4.78 is 0. The second-order valence-electron chi connectivity index (χ2n) is 2.77. The molecule has 0 heterocycles. The average Bonchev–Trinajstić information content (AvgIpc) is 2.20. The summed E-state index contributed by atoms with van der Waals surface area (Å²) in [5.41, 5.74) is 0.435. The molecule has 0 aliphatic rings. The van der Waals surface area contributed by atoms with Crippen LogP contribution in [-0.4, -0.2) is 22.2 Å². The van der Waals surface area contributed by atoms with Crippen molar-refractivity contribution in [2.75, 3.05) is 5.32 Å². The molecular formula is C9H9ClN2O3. The summed E-state index contributed by atoms with van der Waals surface area (Å²) in [5, 5.41) is 11.8. The van der Waals surface area contributed by atoms with Crippen molar-refractivity contribution in [3.63, 3.8) is 0 Å². The van der Waals surface area contributed by atoms with Crippen LogP contribution in [0.15, 0.2) is 24.3 Å². The summed E-state index contributed by atoms with van der Waals surface area (Å²) >= 11 is 5.63. The molecular weight excluding hydrogens is 220 g/mol. The van der Waals surface area contributed by atoms with Crippen LogP contribution in [0, 0.1) is 0 Å². The maximum atomic E-state index is 11.1. The molecule has 3 amide bonds. The van der Waals surface area contributed by atoms with Gasteiger partial charge >= 0.3 is 6.03 Å². The molecule has 0 aliphatic carbocycles. The zero-order valence-corrected chi connectivity index (χ0v) is 8.65. The van der Waals surface area contributed by atoms with E-state index >= 15 is 0 Å². The molecule has 0 saturated heterocycles. The molecule has 0 radical (unpaired) electrons. The quantitative estimate of drug-likeness (QED) is 0.571. The Balaban J connectivity index is 2.66. The van der Waals surface area contributed by atoms with Gasteiger partial charge < -0.3 is 5.32 Å². The van der Waals surface area contributed by atoms with Crippen LogP contribution < -0.4 is 5.32 Å². The number of anilines is 1. The number of nitrogens with one attached hydrogen (secondary N) is 1. The van der Waals surface area contributed by atoms with Gasteiger partial charge in [-0.1, -0.05) is 11.6 Å². The van der Waals surface area contributed by atoms with E-state index in [2.05, 4.69) is 5.32 Å². The molecule has 0 saturated carbocycles. The van der Waals surface area contributed by atoms with Crippen molar-refractivity contribution >= 4 is 29.2 Å². The maximum absolute atomic E-state index is 11.1. The van der Waals surface area contributed by atoms with Crippen molar-refractivity contribution in [2.24, 2.45) is 0 Å². The van der Waals surface area contributed by atoms with E-state index in [4.69, 9.17) is 16.8 Å².